The van der Waals surface area contributed by atoms with Crippen LogP contribution in [0.2, 0.25) is 10.2 Å². The average Bonchev–Trinajstić information content (AvgIpc) is 1.81. The van der Waals surface area contributed by atoms with E-state index in [0.717, 1.165) is 149 Å². The van der Waals surface area contributed by atoms with Gasteiger partial charge in [-0.15, -0.1) is 39.1 Å². The summed E-state index contributed by atoms with van der Waals surface area (Å²) in [7, 11) is 1.75. The number of aromatic nitrogens is 13. The lowest BCUT2D eigenvalue weighted by atomic mass is 9.93. The first kappa shape index (κ1) is 88.8. The second-order valence-corrected chi connectivity index (χ2v) is 34.1. The van der Waals surface area contributed by atoms with Crippen LogP contribution in [0.1, 0.15) is 150 Å². The molecule has 0 unspecified atom stereocenters. The molecule has 0 radical (unpaired) electrons. The van der Waals surface area contributed by atoms with Gasteiger partial charge in [0.15, 0.2) is 38.5 Å². The van der Waals surface area contributed by atoms with Crippen molar-refractivity contribution in [3.05, 3.63) is 327 Å². The summed E-state index contributed by atoms with van der Waals surface area (Å²) < 4.78 is 83.0. The molecule has 5 aromatic carbocycles. The Hall–Kier alpha value is -12.5. The molecule has 0 amide bonds. The van der Waals surface area contributed by atoms with E-state index in [4.69, 9.17) is 28.2 Å². The Bertz CT molecular complexity index is 6040. The molecule has 0 bridgehead atoms. The molecule has 0 saturated carbocycles. The van der Waals surface area contributed by atoms with Gasteiger partial charge in [0.25, 0.3) is 5.95 Å². The summed E-state index contributed by atoms with van der Waals surface area (Å²) in [5, 5.41) is 19.6. The third-order valence-corrected chi connectivity index (χ3v) is 25.1. The number of carbonyl (C=O) groups excluding carboxylic acids is 4. The highest BCUT2D eigenvalue weighted by molar-refractivity contribution is 7.15. The number of hydrogen-bond donors (Lipinski definition) is 0. The number of nitrogens with zero attached hydrogens (tertiary/aromatic N) is 17. The highest BCUT2D eigenvalue weighted by Crippen LogP contribution is 2.37. The van der Waals surface area contributed by atoms with Gasteiger partial charge in [-0.2, -0.15) is 4.80 Å². The van der Waals surface area contributed by atoms with Crippen molar-refractivity contribution >= 4 is 124 Å². The van der Waals surface area contributed by atoms with Crippen molar-refractivity contribution in [2.75, 3.05) is 72.0 Å². The van der Waals surface area contributed by atoms with E-state index in [1.165, 1.54) is 103 Å². The normalized spacial score (nSPS) is 14.2. The summed E-state index contributed by atoms with van der Waals surface area (Å²) in [5.74, 6) is -5.64. The minimum atomic E-state index is -0.878. The Labute approximate surface area is 739 Å². The van der Waals surface area contributed by atoms with Crippen LogP contribution in [0.3, 0.4) is 0 Å². The molecule has 0 spiro atoms. The summed E-state index contributed by atoms with van der Waals surface area (Å²) in [5.41, 5.74) is 17.4. The van der Waals surface area contributed by atoms with Crippen molar-refractivity contribution in [2.24, 2.45) is 7.05 Å². The molecular formula is C93H83Cl2F6N17O4S3. The average molecular weight is 1780 g/mol. The molecule has 638 valence electrons. The monoisotopic (exact) mass is 1780 g/mol. The molecule has 12 heterocycles. The topological polar surface area (TPSA) is 241 Å². The molecule has 0 N–H and O–H groups in total. The van der Waals surface area contributed by atoms with E-state index in [1.54, 1.807) is 79.9 Å². The number of Topliss-reactive ketones (excluding diaryl/α,β-unsaturated/α-hetero) is 4. The number of benzene rings is 5. The third kappa shape index (κ3) is 22.0. The molecule has 0 atom stereocenters. The van der Waals surface area contributed by atoms with Gasteiger partial charge in [-0.25, -0.2) is 41.3 Å². The van der Waals surface area contributed by atoms with E-state index in [1.807, 2.05) is 72.4 Å². The fourth-order valence-electron chi connectivity index (χ4n) is 14.7. The fraction of sp³-hybridized carbons (Fsp3) is 0.247. The number of thiazole rings is 3. The molecule has 32 heteroatoms. The zero-order chi connectivity index (χ0) is 88.1. The second-order valence-electron chi connectivity index (χ2n) is 30.4. The Kier molecular flexibility index (Phi) is 28.7. The number of pyridine rings is 2. The lowest BCUT2D eigenvalue weighted by Crippen LogP contribution is -2.31. The van der Waals surface area contributed by atoms with E-state index in [0.29, 0.717) is 58.1 Å². The summed E-state index contributed by atoms with van der Waals surface area (Å²) in [6.45, 7) is 18.6. The van der Waals surface area contributed by atoms with Crippen LogP contribution in [-0.2, 0) is 32.7 Å². The van der Waals surface area contributed by atoms with Crippen LogP contribution in [0.5, 0.6) is 0 Å². The van der Waals surface area contributed by atoms with Crippen LogP contribution < -0.4 is 19.6 Å². The number of ketones is 4. The van der Waals surface area contributed by atoms with Gasteiger partial charge in [0.1, 0.15) is 40.1 Å². The van der Waals surface area contributed by atoms with Crippen LogP contribution in [0.4, 0.5) is 47.7 Å². The number of rotatable bonds is 21. The van der Waals surface area contributed by atoms with Gasteiger partial charge < -0.3 is 19.6 Å². The molecule has 13 aromatic rings. The second kappa shape index (κ2) is 40.4. The highest BCUT2D eigenvalue weighted by atomic mass is 35.5. The molecule has 17 rings (SSSR count). The summed E-state index contributed by atoms with van der Waals surface area (Å²) >= 11 is 16.8. The zero-order valence-corrected chi connectivity index (χ0v) is 73.1. The van der Waals surface area contributed by atoms with E-state index in [9.17, 15) is 45.5 Å². The minimum absolute atomic E-state index is 0.0557. The van der Waals surface area contributed by atoms with E-state index < -0.39 is 63.4 Å². The molecule has 0 saturated heterocycles. The number of anilines is 4. The van der Waals surface area contributed by atoms with Crippen molar-refractivity contribution in [1.82, 2.24) is 65.1 Å². The van der Waals surface area contributed by atoms with Crippen molar-refractivity contribution in [2.45, 2.75) is 92.9 Å². The van der Waals surface area contributed by atoms with Gasteiger partial charge in [-0.05, 0) is 184 Å². The van der Waals surface area contributed by atoms with Crippen LogP contribution in [0, 0.1) is 48.8 Å². The summed E-state index contributed by atoms with van der Waals surface area (Å²) in [6.07, 6.45) is 17.0. The number of halogens is 8. The Morgan fingerprint density at radius 3 is 1.46 bits per heavy atom. The highest BCUT2D eigenvalue weighted by Gasteiger charge is 2.29. The van der Waals surface area contributed by atoms with Gasteiger partial charge >= 0.3 is 0 Å². The molecule has 21 nitrogen and oxygen atoms in total. The van der Waals surface area contributed by atoms with E-state index in [-0.39, 0.29) is 42.1 Å². The predicted molar refractivity (Wildman–Crippen MR) is 478 cm³/mol. The van der Waals surface area contributed by atoms with E-state index in [2.05, 4.69) is 103 Å². The van der Waals surface area contributed by atoms with Crippen molar-refractivity contribution < 1.29 is 45.5 Å². The van der Waals surface area contributed by atoms with Crippen molar-refractivity contribution in [3.8, 4) is 11.3 Å². The fourth-order valence-corrected chi connectivity index (χ4v) is 17.6. The largest absolute Gasteiger partial charge is 0.343 e. The van der Waals surface area contributed by atoms with E-state index >= 15 is 0 Å². The molecule has 0 fully saturated rings. The number of tetrazole rings is 1. The Morgan fingerprint density at radius 2 is 0.936 bits per heavy atom. The van der Waals surface area contributed by atoms with Crippen LogP contribution in [-0.4, -0.2) is 141 Å². The molecule has 4 aliphatic rings. The van der Waals surface area contributed by atoms with Gasteiger partial charge in [0.05, 0.1) is 88.9 Å². The van der Waals surface area contributed by atoms with Gasteiger partial charge in [-0.3, -0.25) is 49.1 Å². The SMILES string of the molecule is CC1=C(c2ccc(CC(=O)c3c(F)cccc3F)cc2)CN(c2nc(Cl)cs2)CC1.CC1=C(c2ccc(CC(=O)c3cc(F)ccc3C)nc2)CN(c2nnn(C)n2)CC1.CC1=C(c2cnc(CC(=O)c3c(F)cccc3Cl)cn2)CN(c2ncc(C)s2)CC1.CC1=C(c2cnc(CC(=O)c3c(F)cccc3F)cn2)CN(c2nc(-c3cccnc3)cs2)CC1. The zero-order valence-electron chi connectivity index (χ0n) is 69.1. The smallest absolute Gasteiger partial charge is 0.266 e. The van der Waals surface area contributed by atoms with Crippen molar-refractivity contribution in [3.63, 3.8) is 0 Å². The van der Waals surface area contributed by atoms with Gasteiger partial charge in [0, 0.05) is 128 Å². The first-order chi connectivity index (χ1) is 60.2. The maximum Gasteiger partial charge on any atom is 0.266 e. The van der Waals surface area contributed by atoms with Crippen LogP contribution in [0.15, 0.2) is 204 Å². The molecule has 4 aliphatic heterocycles. The number of carbonyl (C=O) groups is 4. The summed E-state index contributed by atoms with van der Waals surface area (Å²) in [4.78, 5) is 101. The molecular weight excluding hydrogens is 1700 g/mol. The molecule has 125 heavy (non-hydrogen) atoms. The van der Waals surface area contributed by atoms with Crippen LogP contribution in [0.25, 0.3) is 33.5 Å². The number of aryl methyl sites for hydroxylation is 3. The minimum Gasteiger partial charge on any atom is -0.343 e. The molecule has 0 aliphatic carbocycles. The first-order valence-electron chi connectivity index (χ1n) is 40.0. The summed E-state index contributed by atoms with van der Waals surface area (Å²) in [6, 6.07) is 30.6. The first-order valence-corrected chi connectivity index (χ1v) is 43.3. The maximum atomic E-state index is 14.0. The van der Waals surface area contributed by atoms with Crippen LogP contribution >= 0.6 is 57.2 Å². The Balaban J connectivity index is 0.000000136. The third-order valence-electron chi connectivity index (χ3n) is 21.7. The maximum absolute atomic E-state index is 14.0. The Morgan fingerprint density at radius 1 is 0.432 bits per heavy atom. The van der Waals surface area contributed by atoms with Gasteiger partial charge in [-0.1, -0.05) is 105 Å². The van der Waals surface area contributed by atoms with Crippen molar-refractivity contribution in [1.29, 1.82) is 0 Å². The molecule has 8 aromatic heterocycles. The predicted octanol–water partition coefficient (Wildman–Crippen LogP) is 19.9. The number of hydrogen-bond acceptors (Lipinski definition) is 23. The van der Waals surface area contributed by atoms with Gasteiger partial charge in [0.2, 0.25) is 0 Å². The standard InChI is InChI=1S/C26H21F2N5OS.C23H19ClF2N2OS.C22H20ClFN4OS.C22H23FN6O/c1-16-7-9-33(26-32-23(15-35-26)17-4-3-8-29-11-17)14-19(16)22-13-30-18(12-31-22)10-24(34)25-20(27)5-2-6-21(25)28;1-14-9-10-28(23-27-21(24)13-30-23)12-17(14)16-7-5-15(6-8-16)11-20(29)22-18(25)3-2-4-19(22)26;1-13-6-7-28(22-27-9-14(2)30-22)12-16(13)19-11-25-15(10-26-19)8-20(29)21-17(23)4-3-5-18(21)24;1-14-4-6-17(23)10-19(14)21(30)11-18-7-5-16(12-24-18)20-13-29(9-8-15(20)2)22-25-27-28(3)26-22/h2-6,8,11-13,15H,7,9-10,14H2,1H3;2-8,13H,9-12H2,1H3;3-5,9-11H,6-8,12H2,1-2H3;4-7,10,12H,8-9,11,13H2,1-3H3. The lowest BCUT2D eigenvalue weighted by molar-refractivity contribution is 0.0975. The lowest BCUT2D eigenvalue weighted by Gasteiger charge is -2.30. The quantitative estimate of drug-likeness (QED) is 0.0479.